The molecular weight excluding hydrogens is 315 g/mol. The number of rotatable bonds is 1. The lowest BCUT2D eigenvalue weighted by Crippen LogP contribution is -2.62. The van der Waals surface area contributed by atoms with Crippen molar-refractivity contribution < 1.29 is 27.8 Å². The molecule has 1 heterocycles. The summed E-state index contributed by atoms with van der Waals surface area (Å²) in [6.45, 7) is 3.22. The van der Waals surface area contributed by atoms with Crippen LogP contribution in [0, 0.1) is 5.82 Å². The van der Waals surface area contributed by atoms with Crippen LogP contribution in [0.2, 0.25) is 0 Å². The summed E-state index contributed by atoms with van der Waals surface area (Å²) in [6, 6.07) is 3.05. The number of amidine groups is 1. The van der Waals surface area contributed by atoms with Gasteiger partial charge in [-0.2, -0.15) is 8.78 Å². The van der Waals surface area contributed by atoms with Crippen molar-refractivity contribution in [3.05, 3.63) is 29.6 Å². The van der Waals surface area contributed by atoms with Crippen LogP contribution in [0.1, 0.15) is 26.3 Å². The average Bonchev–Trinajstić information content (AvgIpc) is 2.39. The number of carboxylic acid groups (broad SMARTS) is 1. The largest absolute Gasteiger partial charge is 0.483 e. The van der Waals surface area contributed by atoms with Crippen molar-refractivity contribution in [3.63, 3.8) is 0 Å². The number of anilines is 1. The van der Waals surface area contributed by atoms with Gasteiger partial charge in [0.1, 0.15) is 5.82 Å². The summed E-state index contributed by atoms with van der Waals surface area (Å²) < 4.78 is 48.3. The zero-order chi connectivity index (χ0) is 18.1. The Labute approximate surface area is 130 Å². The van der Waals surface area contributed by atoms with Gasteiger partial charge in [0.15, 0.2) is 11.1 Å². The van der Waals surface area contributed by atoms with Crippen LogP contribution in [-0.4, -0.2) is 29.1 Å². The van der Waals surface area contributed by atoms with Crippen molar-refractivity contribution in [1.29, 1.82) is 0 Å². The molecule has 0 bridgehead atoms. The van der Waals surface area contributed by atoms with Crippen molar-refractivity contribution in [2.75, 3.05) is 5.73 Å². The Kier molecular flexibility index (Phi) is 4.83. The molecule has 128 valence electrons. The van der Waals surface area contributed by atoms with E-state index in [0.29, 0.717) is 0 Å². The molecule has 0 aromatic heterocycles. The van der Waals surface area contributed by atoms with Gasteiger partial charge in [-0.15, -0.1) is 0 Å². The Morgan fingerprint density at radius 3 is 2.30 bits per heavy atom. The number of nitrogens with zero attached hydrogens (tertiary/aromatic N) is 1. The topological polar surface area (TPSA) is 111 Å². The maximum absolute atomic E-state index is 14.7. The summed E-state index contributed by atoms with van der Waals surface area (Å²) in [5.74, 6) is -4.31. The Bertz CT molecular complexity index is 635. The summed E-state index contributed by atoms with van der Waals surface area (Å²) in [5.41, 5.74) is 6.76. The molecule has 0 unspecified atom stereocenters. The SMILES string of the molecule is CC1(C)OC(N)=N[C@](C)(c2cc(N)ccc2F)C1(F)F.O=CO. The van der Waals surface area contributed by atoms with Crippen LogP contribution in [0.5, 0.6) is 0 Å². The fraction of sp³-hybridized carbons (Fsp3) is 0.429. The van der Waals surface area contributed by atoms with Crippen LogP contribution in [0.4, 0.5) is 18.9 Å². The number of ether oxygens (including phenoxy) is 1. The maximum atomic E-state index is 14.7. The minimum atomic E-state index is -3.49. The molecule has 0 saturated heterocycles. The minimum Gasteiger partial charge on any atom is -0.483 e. The molecule has 9 heteroatoms. The van der Waals surface area contributed by atoms with E-state index in [2.05, 4.69) is 4.99 Å². The van der Waals surface area contributed by atoms with Gasteiger partial charge in [0, 0.05) is 11.3 Å². The van der Waals surface area contributed by atoms with Crippen LogP contribution in [0.3, 0.4) is 0 Å². The smallest absolute Gasteiger partial charge is 0.315 e. The van der Waals surface area contributed by atoms with Gasteiger partial charge in [0.2, 0.25) is 0 Å². The van der Waals surface area contributed by atoms with Crippen molar-refractivity contribution >= 4 is 18.2 Å². The second-order valence-electron chi connectivity index (χ2n) is 5.55. The molecular formula is C14H18F3N3O3. The highest BCUT2D eigenvalue weighted by Crippen LogP contribution is 2.51. The molecule has 1 aromatic rings. The van der Waals surface area contributed by atoms with Crippen LogP contribution >= 0.6 is 0 Å². The Balaban J connectivity index is 0.000000816. The van der Waals surface area contributed by atoms with Crippen molar-refractivity contribution in [3.8, 4) is 0 Å². The van der Waals surface area contributed by atoms with Crippen LogP contribution < -0.4 is 11.5 Å². The third-order valence-electron chi connectivity index (χ3n) is 3.58. The molecule has 0 amide bonds. The normalized spacial score (nSPS) is 24.5. The highest BCUT2D eigenvalue weighted by molar-refractivity contribution is 5.74. The molecule has 5 N–H and O–H groups in total. The van der Waals surface area contributed by atoms with Gasteiger partial charge in [-0.25, -0.2) is 9.38 Å². The third kappa shape index (κ3) is 3.03. The molecule has 1 aliphatic heterocycles. The quantitative estimate of drug-likeness (QED) is 0.538. The second-order valence-corrected chi connectivity index (χ2v) is 5.55. The summed E-state index contributed by atoms with van der Waals surface area (Å²) in [6.07, 6.45) is 0. The minimum absolute atomic E-state index is 0.163. The fourth-order valence-electron chi connectivity index (χ4n) is 2.37. The fourth-order valence-corrected chi connectivity index (χ4v) is 2.37. The van der Waals surface area contributed by atoms with Crippen LogP contribution in [-0.2, 0) is 15.1 Å². The molecule has 0 aliphatic carbocycles. The summed E-state index contributed by atoms with van der Waals surface area (Å²) in [7, 11) is 0. The molecule has 1 aliphatic rings. The molecule has 0 radical (unpaired) electrons. The lowest BCUT2D eigenvalue weighted by Gasteiger charge is -2.46. The number of nitrogen functional groups attached to an aromatic ring is 1. The number of hydrogen-bond donors (Lipinski definition) is 3. The molecule has 6 nitrogen and oxygen atoms in total. The molecule has 0 fully saturated rings. The zero-order valence-electron chi connectivity index (χ0n) is 12.8. The van der Waals surface area contributed by atoms with E-state index in [9.17, 15) is 13.2 Å². The van der Waals surface area contributed by atoms with E-state index in [1.54, 1.807) is 0 Å². The van der Waals surface area contributed by atoms with Crippen LogP contribution in [0.25, 0.3) is 0 Å². The molecule has 1 atom stereocenters. The monoisotopic (exact) mass is 333 g/mol. The van der Waals surface area contributed by atoms with E-state index in [0.717, 1.165) is 19.1 Å². The highest BCUT2D eigenvalue weighted by atomic mass is 19.3. The number of nitrogens with two attached hydrogens (primary N) is 2. The molecule has 2 rings (SSSR count). The van der Waals surface area contributed by atoms with E-state index in [4.69, 9.17) is 26.1 Å². The van der Waals surface area contributed by atoms with E-state index >= 15 is 0 Å². The van der Waals surface area contributed by atoms with Gasteiger partial charge in [-0.3, -0.25) is 4.79 Å². The van der Waals surface area contributed by atoms with Gasteiger partial charge in [0.05, 0.1) is 0 Å². The first kappa shape index (κ1) is 18.6. The van der Waals surface area contributed by atoms with Crippen molar-refractivity contribution in [1.82, 2.24) is 0 Å². The maximum Gasteiger partial charge on any atom is 0.315 e. The van der Waals surface area contributed by atoms with Crippen molar-refractivity contribution in [2.45, 2.75) is 37.8 Å². The predicted octanol–water partition coefficient (Wildman–Crippen LogP) is 2.08. The lowest BCUT2D eigenvalue weighted by atomic mass is 9.77. The number of carbonyl (C=O) groups is 1. The Morgan fingerprint density at radius 1 is 1.26 bits per heavy atom. The molecule has 0 spiro atoms. The lowest BCUT2D eigenvalue weighted by molar-refractivity contribution is -0.207. The number of hydrogen-bond acceptors (Lipinski definition) is 5. The zero-order valence-corrected chi connectivity index (χ0v) is 12.8. The number of alkyl halides is 2. The summed E-state index contributed by atoms with van der Waals surface area (Å²) >= 11 is 0. The molecule has 1 aromatic carbocycles. The first-order valence-corrected chi connectivity index (χ1v) is 6.48. The Hall–Kier alpha value is -2.45. The van der Waals surface area contributed by atoms with E-state index in [1.165, 1.54) is 19.9 Å². The molecule has 0 saturated carbocycles. The highest BCUT2D eigenvalue weighted by Gasteiger charge is 2.66. The predicted molar refractivity (Wildman–Crippen MR) is 78.6 cm³/mol. The number of benzene rings is 1. The van der Waals surface area contributed by atoms with Gasteiger partial charge in [-0.05, 0) is 39.0 Å². The second kappa shape index (κ2) is 5.98. The van der Waals surface area contributed by atoms with E-state index in [1.807, 2.05) is 0 Å². The number of halogens is 3. The van der Waals surface area contributed by atoms with Crippen LogP contribution in [0.15, 0.2) is 23.2 Å². The first-order valence-electron chi connectivity index (χ1n) is 6.48. The van der Waals surface area contributed by atoms with Gasteiger partial charge >= 0.3 is 5.92 Å². The third-order valence-corrected chi connectivity index (χ3v) is 3.58. The van der Waals surface area contributed by atoms with Gasteiger partial charge in [-0.1, -0.05) is 0 Å². The standard InChI is InChI=1S/C13H16F3N3O.CH2O2/c1-11(2)13(15,16)12(3,19-10(18)20-11)8-6-7(17)4-5-9(8)14;2-1-3/h4-6H,17H2,1-3H3,(H2,18,19);1H,(H,2,3)/t12-;/m1./s1. The summed E-state index contributed by atoms with van der Waals surface area (Å²) in [4.78, 5) is 12.0. The van der Waals surface area contributed by atoms with Crippen molar-refractivity contribution in [2.24, 2.45) is 10.7 Å². The van der Waals surface area contributed by atoms with E-state index in [-0.39, 0.29) is 17.7 Å². The van der Waals surface area contributed by atoms with Gasteiger partial charge < -0.3 is 21.3 Å². The van der Waals surface area contributed by atoms with Gasteiger partial charge in [0.25, 0.3) is 12.5 Å². The molecule has 23 heavy (non-hydrogen) atoms. The Morgan fingerprint density at radius 2 is 1.78 bits per heavy atom. The first-order chi connectivity index (χ1) is 10.4. The average molecular weight is 333 g/mol. The number of aliphatic imine (C=N–C) groups is 1. The van der Waals surface area contributed by atoms with E-state index < -0.39 is 28.9 Å². The summed E-state index contributed by atoms with van der Waals surface area (Å²) in [5, 5.41) is 6.89.